The number of aryl methyl sites for hydroxylation is 1. The van der Waals surface area contributed by atoms with E-state index < -0.39 is 0 Å². The van der Waals surface area contributed by atoms with Crippen molar-refractivity contribution in [1.29, 1.82) is 0 Å². The summed E-state index contributed by atoms with van der Waals surface area (Å²) in [5, 5.41) is 1.84. The second-order valence-corrected chi connectivity index (χ2v) is 4.14. The number of fused-ring (bicyclic) bond motifs is 1. The summed E-state index contributed by atoms with van der Waals surface area (Å²) in [5.74, 6) is -0.308. The summed E-state index contributed by atoms with van der Waals surface area (Å²) < 4.78 is 13.8. The fraction of sp³-hybridized carbons (Fsp3) is 0.100. The van der Waals surface area contributed by atoms with Crippen LogP contribution in [0.25, 0.3) is 10.8 Å². The monoisotopic (exact) mass is 273 g/mol. The molecule has 0 unspecified atom stereocenters. The van der Waals surface area contributed by atoms with Gasteiger partial charge in [-0.3, -0.25) is 0 Å². The van der Waals surface area contributed by atoms with Gasteiger partial charge in [0, 0.05) is 15.2 Å². The number of nitrogens with zero attached hydrogens (tertiary/aromatic N) is 1. The van der Waals surface area contributed by atoms with Gasteiger partial charge in [-0.15, -0.1) is 0 Å². The molecule has 0 saturated carbocycles. The van der Waals surface area contributed by atoms with E-state index in [2.05, 4.69) is 20.9 Å². The second kappa shape index (κ2) is 3.48. The quantitative estimate of drug-likeness (QED) is 0.659. The zero-order valence-electron chi connectivity index (χ0n) is 7.31. The molecule has 0 aliphatic carbocycles. The normalized spacial score (nSPS) is 10.9. The molecule has 1 aromatic carbocycles. The first-order valence-corrected chi connectivity index (χ1v) is 5.17. The summed E-state index contributed by atoms with van der Waals surface area (Å²) in [4.78, 5) is 4.09. The van der Waals surface area contributed by atoms with Gasteiger partial charge in [0.05, 0.1) is 5.69 Å². The van der Waals surface area contributed by atoms with Crippen LogP contribution in [0, 0.1) is 12.7 Å². The van der Waals surface area contributed by atoms with Crippen LogP contribution >= 0.6 is 27.5 Å². The van der Waals surface area contributed by atoms with Crippen LogP contribution in [0.4, 0.5) is 4.39 Å². The van der Waals surface area contributed by atoms with E-state index in [0.717, 1.165) is 15.6 Å². The van der Waals surface area contributed by atoms with Crippen molar-refractivity contribution in [2.75, 3.05) is 0 Å². The number of rotatable bonds is 0. The Morgan fingerprint density at radius 1 is 1.36 bits per heavy atom. The summed E-state index contributed by atoms with van der Waals surface area (Å²) in [6.07, 6.45) is 0. The summed E-state index contributed by atoms with van der Waals surface area (Å²) in [6.45, 7) is 1.85. The lowest BCUT2D eigenvalue weighted by Crippen LogP contribution is -1.88. The molecule has 0 radical (unpaired) electrons. The van der Waals surface area contributed by atoms with E-state index in [1.807, 2.05) is 6.92 Å². The highest BCUT2D eigenvalue weighted by Gasteiger charge is 2.08. The molecule has 0 spiro atoms. The van der Waals surface area contributed by atoms with Gasteiger partial charge in [0.25, 0.3) is 0 Å². The Labute approximate surface area is 94.0 Å². The smallest absolute Gasteiger partial charge is 0.137 e. The van der Waals surface area contributed by atoms with Gasteiger partial charge < -0.3 is 0 Å². The Bertz CT molecular complexity index is 513. The summed E-state index contributed by atoms with van der Waals surface area (Å²) in [7, 11) is 0. The first-order chi connectivity index (χ1) is 6.59. The largest absolute Gasteiger partial charge is 0.240 e. The van der Waals surface area contributed by atoms with Gasteiger partial charge >= 0.3 is 0 Å². The molecule has 0 amide bonds. The van der Waals surface area contributed by atoms with Crippen molar-refractivity contribution in [2.24, 2.45) is 0 Å². The molecule has 1 heterocycles. The van der Waals surface area contributed by atoms with E-state index in [0.29, 0.717) is 10.5 Å². The molecule has 0 aliphatic heterocycles. The molecule has 0 N–H and O–H groups in total. The van der Waals surface area contributed by atoms with Crippen LogP contribution in [0.1, 0.15) is 5.69 Å². The SMILES string of the molecule is Cc1nc(Cl)c2cc(F)ccc2c1Br. The lowest BCUT2D eigenvalue weighted by molar-refractivity contribution is 0.629. The van der Waals surface area contributed by atoms with Gasteiger partial charge in [-0.2, -0.15) is 0 Å². The molecular weight excluding hydrogens is 268 g/mol. The van der Waals surface area contributed by atoms with Gasteiger partial charge in [-0.1, -0.05) is 17.7 Å². The standard InChI is InChI=1S/C10H6BrClFN/c1-5-9(11)7-3-2-6(13)4-8(7)10(12)14-5/h2-4H,1H3. The maximum absolute atomic E-state index is 12.9. The maximum atomic E-state index is 12.9. The lowest BCUT2D eigenvalue weighted by atomic mass is 10.1. The number of benzene rings is 1. The van der Waals surface area contributed by atoms with Crippen molar-refractivity contribution < 1.29 is 4.39 Å². The van der Waals surface area contributed by atoms with Crippen LogP contribution in [0.3, 0.4) is 0 Å². The predicted octanol–water partition coefficient (Wildman–Crippen LogP) is 4.10. The third-order valence-corrected chi connectivity index (χ3v) is 3.31. The maximum Gasteiger partial charge on any atom is 0.137 e. The number of halogens is 3. The van der Waals surface area contributed by atoms with Crippen LogP contribution in [0.15, 0.2) is 22.7 Å². The van der Waals surface area contributed by atoms with Gasteiger partial charge in [-0.05, 0) is 35.0 Å². The molecule has 1 nitrogen and oxygen atoms in total. The highest BCUT2D eigenvalue weighted by atomic mass is 79.9. The number of hydrogen-bond acceptors (Lipinski definition) is 1. The van der Waals surface area contributed by atoms with Crippen LogP contribution in [0.2, 0.25) is 5.15 Å². The Kier molecular flexibility index (Phi) is 2.45. The van der Waals surface area contributed by atoms with Crippen LogP contribution in [-0.4, -0.2) is 4.98 Å². The van der Waals surface area contributed by atoms with Crippen molar-refractivity contribution in [2.45, 2.75) is 6.92 Å². The highest BCUT2D eigenvalue weighted by molar-refractivity contribution is 9.10. The Hall–Kier alpha value is -0.670. The first-order valence-electron chi connectivity index (χ1n) is 4.00. The predicted molar refractivity (Wildman–Crippen MR) is 59.1 cm³/mol. The van der Waals surface area contributed by atoms with Gasteiger partial charge in [-0.25, -0.2) is 9.37 Å². The highest BCUT2D eigenvalue weighted by Crippen LogP contribution is 2.30. The second-order valence-electron chi connectivity index (χ2n) is 2.99. The minimum Gasteiger partial charge on any atom is -0.240 e. The third-order valence-electron chi connectivity index (χ3n) is 2.02. The molecule has 0 atom stereocenters. The zero-order chi connectivity index (χ0) is 10.3. The summed E-state index contributed by atoms with van der Waals surface area (Å²) >= 11 is 9.30. The average molecular weight is 275 g/mol. The van der Waals surface area contributed by atoms with E-state index in [1.54, 1.807) is 6.07 Å². The molecule has 1 aromatic heterocycles. The number of pyridine rings is 1. The molecule has 0 fully saturated rings. The molecule has 2 aromatic rings. The summed E-state index contributed by atoms with van der Waals surface area (Å²) in [6, 6.07) is 4.48. The molecular formula is C10H6BrClFN. The van der Waals surface area contributed by atoms with Crippen LogP contribution < -0.4 is 0 Å². The van der Waals surface area contributed by atoms with Gasteiger partial charge in [0.2, 0.25) is 0 Å². The van der Waals surface area contributed by atoms with Gasteiger partial charge in [0.1, 0.15) is 11.0 Å². The fourth-order valence-electron chi connectivity index (χ4n) is 1.33. The first kappa shape index (κ1) is 9.87. The van der Waals surface area contributed by atoms with E-state index in [9.17, 15) is 4.39 Å². The van der Waals surface area contributed by atoms with Gasteiger partial charge in [0.15, 0.2) is 0 Å². The van der Waals surface area contributed by atoms with Crippen molar-refractivity contribution in [1.82, 2.24) is 4.98 Å². The van der Waals surface area contributed by atoms with E-state index in [-0.39, 0.29) is 5.82 Å². The van der Waals surface area contributed by atoms with E-state index in [1.165, 1.54) is 12.1 Å². The Morgan fingerprint density at radius 3 is 2.79 bits per heavy atom. The molecule has 14 heavy (non-hydrogen) atoms. The Morgan fingerprint density at radius 2 is 2.07 bits per heavy atom. The van der Waals surface area contributed by atoms with Crippen LogP contribution in [-0.2, 0) is 0 Å². The van der Waals surface area contributed by atoms with Crippen molar-refractivity contribution in [3.05, 3.63) is 39.3 Å². The topological polar surface area (TPSA) is 12.9 Å². The van der Waals surface area contributed by atoms with Crippen molar-refractivity contribution in [3.8, 4) is 0 Å². The Balaban J connectivity index is 2.94. The van der Waals surface area contributed by atoms with E-state index in [4.69, 9.17) is 11.6 Å². The molecule has 72 valence electrons. The van der Waals surface area contributed by atoms with E-state index >= 15 is 0 Å². The van der Waals surface area contributed by atoms with Crippen molar-refractivity contribution in [3.63, 3.8) is 0 Å². The number of hydrogen-bond donors (Lipinski definition) is 0. The van der Waals surface area contributed by atoms with Crippen LogP contribution in [0.5, 0.6) is 0 Å². The molecule has 0 aliphatic rings. The summed E-state index contributed by atoms with van der Waals surface area (Å²) in [5.41, 5.74) is 0.800. The molecule has 0 saturated heterocycles. The fourth-order valence-corrected chi connectivity index (χ4v) is 2.05. The van der Waals surface area contributed by atoms with Crippen molar-refractivity contribution >= 4 is 38.3 Å². The minimum absolute atomic E-state index is 0.308. The molecule has 2 rings (SSSR count). The number of aromatic nitrogens is 1. The lowest BCUT2D eigenvalue weighted by Gasteiger charge is -2.05. The molecule has 4 heteroatoms. The molecule has 0 bridgehead atoms. The zero-order valence-corrected chi connectivity index (χ0v) is 9.66. The third kappa shape index (κ3) is 1.51. The average Bonchev–Trinajstić information content (AvgIpc) is 2.14. The minimum atomic E-state index is -0.308.